The van der Waals surface area contributed by atoms with Crippen LogP contribution in [0.3, 0.4) is 0 Å². The van der Waals surface area contributed by atoms with Gasteiger partial charge >= 0.3 is 0 Å². The number of nitrogens with zero attached hydrogens (tertiary/aromatic N) is 4. The van der Waals surface area contributed by atoms with E-state index in [1.54, 1.807) is 4.80 Å². The first-order chi connectivity index (χ1) is 9.28. The van der Waals surface area contributed by atoms with Crippen molar-refractivity contribution < 1.29 is 4.74 Å². The van der Waals surface area contributed by atoms with Crippen LogP contribution in [0.15, 0.2) is 24.3 Å². The molecule has 19 heavy (non-hydrogen) atoms. The highest BCUT2D eigenvalue weighted by Gasteiger charge is 2.03. The summed E-state index contributed by atoms with van der Waals surface area (Å²) in [5.41, 5.74) is 1.19. The third-order valence-corrected chi connectivity index (χ3v) is 2.64. The number of benzene rings is 1. The van der Waals surface area contributed by atoms with Crippen LogP contribution < -0.4 is 10.1 Å². The minimum absolute atomic E-state index is 0.557. The summed E-state index contributed by atoms with van der Waals surface area (Å²) in [5.74, 6) is 1.59. The van der Waals surface area contributed by atoms with Crippen molar-refractivity contribution in [2.75, 3.05) is 20.2 Å². The Labute approximate surface area is 112 Å². The number of hydrogen-bond acceptors (Lipinski definition) is 5. The van der Waals surface area contributed by atoms with Gasteiger partial charge in [-0.1, -0.05) is 12.1 Å². The molecule has 0 amide bonds. The van der Waals surface area contributed by atoms with E-state index in [0.717, 1.165) is 18.8 Å². The largest absolute Gasteiger partial charge is 0.493 e. The summed E-state index contributed by atoms with van der Waals surface area (Å²) in [7, 11) is 1.90. The highest BCUT2D eigenvalue weighted by molar-refractivity contribution is 5.27. The molecule has 1 aromatic heterocycles. The standard InChI is InChI=1S/C13H19N5O/c1-11-4-3-5-12(10-11)19-9-6-13-15-17-18(16-13)8-7-14-2/h3-5,10,14H,6-9H2,1-2H3. The fourth-order valence-electron chi connectivity index (χ4n) is 1.65. The van der Waals surface area contributed by atoms with Gasteiger partial charge in [0.05, 0.1) is 13.2 Å². The molecule has 0 saturated heterocycles. The number of likely N-dealkylation sites (N-methyl/N-ethyl adjacent to an activating group) is 1. The highest BCUT2D eigenvalue weighted by Crippen LogP contribution is 2.12. The van der Waals surface area contributed by atoms with Crippen molar-refractivity contribution in [1.82, 2.24) is 25.5 Å². The van der Waals surface area contributed by atoms with Crippen molar-refractivity contribution >= 4 is 0 Å². The molecular weight excluding hydrogens is 242 g/mol. The maximum atomic E-state index is 5.65. The molecule has 102 valence electrons. The van der Waals surface area contributed by atoms with Crippen molar-refractivity contribution in [2.24, 2.45) is 0 Å². The van der Waals surface area contributed by atoms with E-state index < -0.39 is 0 Å². The molecule has 2 rings (SSSR count). The Morgan fingerprint density at radius 1 is 1.37 bits per heavy atom. The van der Waals surface area contributed by atoms with Gasteiger partial charge < -0.3 is 10.1 Å². The molecule has 0 atom stereocenters. The topological polar surface area (TPSA) is 64.9 Å². The number of aryl methyl sites for hydroxylation is 1. The van der Waals surface area contributed by atoms with Gasteiger partial charge in [0.1, 0.15) is 5.75 Å². The van der Waals surface area contributed by atoms with Crippen LogP contribution in [0.5, 0.6) is 5.75 Å². The number of ether oxygens (including phenoxy) is 1. The molecule has 0 aliphatic carbocycles. The second kappa shape index (κ2) is 6.84. The van der Waals surface area contributed by atoms with Crippen molar-refractivity contribution in [3.05, 3.63) is 35.7 Å². The van der Waals surface area contributed by atoms with E-state index in [1.807, 2.05) is 38.2 Å². The highest BCUT2D eigenvalue weighted by atomic mass is 16.5. The minimum Gasteiger partial charge on any atom is -0.493 e. The second-order valence-corrected chi connectivity index (χ2v) is 4.32. The van der Waals surface area contributed by atoms with Crippen LogP contribution in [-0.4, -0.2) is 40.4 Å². The van der Waals surface area contributed by atoms with Crippen LogP contribution in [0.4, 0.5) is 0 Å². The summed E-state index contributed by atoms with van der Waals surface area (Å²) < 4.78 is 5.65. The Kier molecular flexibility index (Phi) is 4.85. The monoisotopic (exact) mass is 261 g/mol. The molecule has 0 fully saturated rings. The zero-order valence-corrected chi connectivity index (χ0v) is 11.3. The lowest BCUT2D eigenvalue weighted by molar-refractivity contribution is 0.318. The average Bonchev–Trinajstić information content (AvgIpc) is 2.84. The fourth-order valence-corrected chi connectivity index (χ4v) is 1.65. The predicted octanol–water partition coefficient (Wildman–Crippen LogP) is 0.822. The second-order valence-electron chi connectivity index (χ2n) is 4.32. The zero-order chi connectivity index (χ0) is 13.5. The van der Waals surface area contributed by atoms with Gasteiger partial charge in [0.25, 0.3) is 0 Å². The van der Waals surface area contributed by atoms with E-state index >= 15 is 0 Å². The van der Waals surface area contributed by atoms with Crippen LogP contribution in [0, 0.1) is 6.92 Å². The first kappa shape index (κ1) is 13.5. The van der Waals surface area contributed by atoms with E-state index in [-0.39, 0.29) is 0 Å². The average molecular weight is 261 g/mol. The van der Waals surface area contributed by atoms with Crippen molar-refractivity contribution in [3.63, 3.8) is 0 Å². The summed E-state index contributed by atoms with van der Waals surface area (Å²) >= 11 is 0. The summed E-state index contributed by atoms with van der Waals surface area (Å²) in [5, 5.41) is 15.3. The third-order valence-electron chi connectivity index (χ3n) is 2.64. The van der Waals surface area contributed by atoms with Gasteiger partial charge in [-0.2, -0.15) is 4.80 Å². The lowest BCUT2D eigenvalue weighted by Crippen LogP contribution is -2.16. The lowest BCUT2D eigenvalue weighted by Gasteiger charge is -2.04. The van der Waals surface area contributed by atoms with E-state index in [4.69, 9.17) is 4.74 Å². The van der Waals surface area contributed by atoms with Crippen LogP contribution in [0.1, 0.15) is 11.4 Å². The number of tetrazole rings is 1. The molecule has 0 aliphatic heterocycles. The lowest BCUT2D eigenvalue weighted by atomic mass is 10.2. The molecular formula is C13H19N5O. The van der Waals surface area contributed by atoms with Gasteiger partial charge in [0, 0.05) is 13.0 Å². The number of rotatable bonds is 7. The molecule has 0 unspecified atom stereocenters. The van der Waals surface area contributed by atoms with E-state index in [0.29, 0.717) is 18.9 Å². The van der Waals surface area contributed by atoms with Crippen LogP contribution in [0.25, 0.3) is 0 Å². The molecule has 0 aliphatic rings. The quantitative estimate of drug-likeness (QED) is 0.799. The zero-order valence-electron chi connectivity index (χ0n) is 11.3. The third kappa shape index (κ3) is 4.33. The molecule has 6 heteroatoms. The maximum Gasteiger partial charge on any atom is 0.178 e. The first-order valence-electron chi connectivity index (χ1n) is 6.38. The van der Waals surface area contributed by atoms with Gasteiger partial charge in [0.2, 0.25) is 0 Å². The maximum absolute atomic E-state index is 5.65. The van der Waals surface area contributed by atoms with Crippen molar-refractivity contribution in [3.8, 4) is 5.75 Å². The molecule has 2 aromatic rings. The van der Waals surface area contributed by atoms with Crippen molar-refractivity contribution in [2.45, 2.75) is 19.9 Å². The van der Waals surface area contributed by atoms with E-state index in [2.05, 4.69) is 20.7 Å². The van der Waals surface area contributed by atoms with E-state index in [9.17, 15) is 0 Å². The molecule has 1 N–H and O–H groups in total. The molecule has 1 aromatic carbocycles. The predicted molar refractivity (Wildman–Crippen MR) is 72.1 cm³/mol. The summed E-state index contributed by atoms with van der Waals surface area (Å²) in [6, 6.07) is 7.99. The molecule has 0 saturated carbocycles. The van der Waals surface area contributed by atoms with Crippen LogP contribution >= 0.6 is 0 Å². The normalized spacial score (nSPS) is 10.6. The van der Waals surface area contributed by atoms with Crippen LogP contribution in [-0.2, 0) is 13.0 Å². The summed E-state index contributed by atoms with van der Waals surface area (Å²) in [4.78, 5) is 1.60. The van der Waals surface area contributed by atoms with Gasteiger partial charge in [-0.3, -0.25) is 0 Å². The summed E-state index contributed by atoms with van der Waals surface area (Å²) in [6.07, 6.45) is 0.660. The molecule has 0 radical (unpaired) electrons. The fraction of sp³-hybridized carbons (Fsp3) is 0.462. The minimum atomic E-state index is 0.557. The summed E-state index contributed by atoms with van der Waals surface area (Å²) in [6.45, 7) is 4.15. The van der Waals surface area contributed by atoms with Crippen molar-refractivity contribution in [1.29, 1.82) is 0 Å². The molecule has 6 nitrogen and oxygen atoms in total. The number of hydrogen-bond donors (Lipinski definition) is 1. The van der Waals surface area contributed by atoms with Gasteiger partial charge in [-0.25, -0.2) is 0 Å². The Morgan fingerprint density at radius 3 is 3.05 bits per heavy atom. The smallest absolute Gasteiger partial charge is 0.178 e. The Hall–Kier alpha value is -1.95. The van der Waals surface area contributed by atoms with Gasteiger partial charge in [-0.05, 0) is 36.9 Å². The Morgan fingerprint density at radius 2 is 2.26 bits per heavy atom. The Balaban J connectivity index is 1.77. The van der Waals surface area contributed by atoms with Gasteiger partial charge in [0.15, 0.2) is 5.82 Å². The van der Waals surface area contributed by atoms with E-state index in [1.165, 1.54) is 5.56 Å². The first-order valence-corrected chi connectivity index (χ1v) is 6.38. The van der Waals surface area contributed by atoms with Crippen LogP contribution in [0.2, 0.25) is 0 Å². The molecule has 0 spiro atoms. The molecule has 1 heterocycles. The Bertz CT molecular complexity index is 511. The number of aromatic nitrogens is 4. The number of nitrogens with one attached hydrogen (secondary N) is 1. The SMILES string of the molecule is CNCCn1nnc(CCOc2cccc(C)c2)n1. The van der Waals surface area contributed by atoms with Gasteiger partial charge in [-0.15, -0.1) is 10.2 Å². The molecule has 0 bridgehead atoms.